The molecule has 0 amide bonds. The van der Waals surface area contributed by atoms with E-state index in [4.69, 9.17) is 14.3 Å². The highest BCUT2D eigenvalue weighted by Gasteiger charge is 2.45. The van der Waals surface area contributed by atoms with Crippen molar-refractivity contribution in [2.45, 2.75) is 116 Å². The van der Waals surface area contributed by atoms with Crippen molar-refractivity contribution in [3.8, 4) is 11.8 Å². The molecule has 2 aliphatic rings. The molecule has 5 unspecified atom stereocenters. The van der Waals surface area contributed by atoms with Crippen LogP contribution in [-0.2, 0) is 9.16 Å². The first kappa shape index (κ1) is 22.9. The van der Waals surface area contributed by atoms with E-state index in [-0.39, 0.29) is 23.9 Å². The highest BCUT2D eigenvalue weighted by Crippen LogP contribution is 2.42. The van der Waals surface area contributed by atoms with Crippen molar-refractivity contribution in [2.24, 2.45) is 11.8 Å². The van der Waals surface area contributed by atoms with Gasteiger partial charge >= 0.3 is 0 Å². The van der Waals surface area contributed by atoms with E-state index >= 15 is 0 Å². The summed E-state index contributed by atoms with van der Waals surface area (Å²) >= 11 is 0. The van der Waals surface area contributed by atoms with Crippen molar-refractivity contribution in [2.75, 3.05) is 6.61 Å². The van der Waals surface area contributed by atoms with Crippen molar-refractivity contribution in [3.05, 3.63) is 0 Å². The van der Waals surface area contributed by atoms with Crippen molar-refractivity contribution >= 4 is 8.32 Å². The van der Waals surface area contributed by atoms with E-state index in [1.54, 1.807) is 0 Å². The minimum absolute atomic E-state index is 0.0175. The summed E-state index contributed by atoms with van der Waals surface area (Å²) in [5, 5.41) is 9.22. The fourth-order valence-corrected chi connectivity index (χ4v) is 5.66. The van der Waals surface area contributed by atoms with E-state index in [0.29, 0.717) is 17.9 Å². The van der Waals surface area contributed by atoms with E-state index in [9.17, 15) is 0 Å². The van der Waals surface area contributed by atoms with Gasteiger partial charge in [-0.3, -0.25) is 0 Å². The lowest BCUT2D eigenvalue weighted by molar-refractivity contribution is -0.0160. The zero-order valence-electron chi connectivity index (χ0n) is 18.5. The molecule has 1 aliphatic heterocycles. The van der Waals surface area contributed by atoms with Crippen LogP contribution in [0.25, 0.3) is 0 Å². The van der Waals surface area contributed by atoms with Gasteiger partial charge in [-0.1, -0.05) is 52.4 Å². The maximum Gasteiger partial charge on any atom is 0.192 e. The van der Waals surface area contributed by atoms with Crippen LogP contribution in [-0.4, -0.2) is 38.3 Å². The summed E-state index contributed by atoms with van der Waals surface area (Å²) in [6.45, 7) is 13.9. The van der Waals surface area contributed by atoms with Gasteiger partial charge in [0, 0.05) is 12.3 Å². The molecule has 4 heteroatoms. The van der Waals surface area contributed by atoms with Gasteiger partial charge in [0.15, 0.2) is 8.32 Å². The summed E-state index contributed by atoms with van der Waals surface area (Å²) in [6.07, 6.45) is 10.2. The van der Waals surface area contributed by atoms with Crippen LogP contribution in [0, 0.1) is 23.7 Å². The standard InChI is InChI=1S/C23H42O3Si/c1-7-20-22(26-27(5,6)23(2,3)4)17-21(25-20)19-13-9-8-11-18(14-15-19)12-10-16-24/h18-22,24H,7-9,11,13-17H2,1-6H3. The largest absolute Gasteiger partial charge is 0.411 e. The normalized spacial score (nSPS) is 33.1. The quantitative estimate of drug-likeness (QED) is 0.503. The predicted molar refractivity (Wildman–Crippen MR) is 115 cm³/mol. The summed E-state index contributed by atoms with van der Waals surface area (Å²) in [4.78, 5) is 0. The maximum absolute atomic E-state index is 8.98. The fraction of sp³-hybridized carbons (Fsp3) is 0.913. The van der Waals surface area contributed by atoms with Crippen molar-refractivity contribution in [1.29, 1.82) is 0 Å². The second-order valence-corrected chi connectivity index (χ2v) is 14.8. The Labute approximate surface area is 168 Å². The average molecular weight is 395 g/mol. The topological polar surface area (TPSA) is 38.7 Å². The molecule has 2 fully saturated rings. The molecule has 0 radical (unpaired) electrons. The van der Waals surface area contributed by atoms with Crippen LogP contribution in [0.2, 0.25) is 18.1 Å². The number of rotatable bonds is 4. The molecule has 0 bridgehead atoms. The molecule has 156 valence electrons. The average Bonchev–Trinajstić information content (AvgIpc) is 2.95. The first-order chi connectivity index (χ1) is 12.7. The Bertz CT molecular complexity index is 514. The van der Waals surface area contributed by atoms with Crippen LogP contribution in [0.15, 0.2) is 0 Å². The van der Waals surface area contributed by atoms with Gasteiger partial charge in [-0.05, 0) is 56.2 Å². The van der Waals surface area contributed by atoms with Crippen molar-refractivity contribution in [1.82, 2.24) is 0 Å². The molecule has 0 spiro atoms. The molecule has 0 aromatic heterocycles. The molecule has 0 aromatic rings. The molecule has 1 saturated carbocycles. The van der Waals surface area contributed by atoms with Gasteiger partial charge in [0.2, 0.25) is 0 Å². The smallest absolute Gasteiger partial charge is 0.192 e. The van der Waals surface area contributed by atoms with Crippen LogP contribution < -0.4 is 0 Å². The third kappa shape index (κ3) is 6.32. The SMILES string of the molecule is CCC1OC(C2CCCCC(C#CCO)CC2)CC1O[Si](C)(C)C(C)(C)C. The molecule has 27 heavy (non-hydrogen) atoms. The van der Waals surface area contributed by atoms with E-state index in [1.165, 1.54) is 32.1 Å². The van der Waals surface area contributed by atoms with E-state index in [2.05, 4.69) is 52.6 Å². The second-order valence-electron chi connectivity index (χ2n) is 10.1. The number of aliphatic hydroxyl groups excluding tert-OH is 1. The lowest BCUT2D eigenvalue weighted by atomic mass is 9.82. The molecule has 2 rings (SSSR count). The lowest BCUT2D eigenvalue weighted by Gasteiger charge is -2.39. The minimum atomic E-state index is -1.77. The summed E-state index contributed by atoms with van der Waals surface area (Å²) in [7, 11) is -1.77. The summed E-state index contributed by atoms with van der Waals surface area (Å²) < 4.78 is 13.3. The Balaban J connectivity index is 2.00. The van der Waals surface area contributed by atoms with E-state index in [1.807, 2.05) is 0 Å². The Morgan fingerprint density at radius 1 is 1.11 bits per heavy atom. The Kier molecular flexibility index (Phi) is 8.43. The summed E-state index contributed by atoms with van der Waals surface area (Å²) in [5.41, 5.74) is 0. The monoisotopic (exact) mass is 394 g/mol. The highest BCUT2D eigenvalue weighted by molar-refractivity contribution is 6.74. The van der Waals surface area contributed by atoms with Crippen LogP contribution in [0.5, 0.6) is 0 Å². The van der Waals surface area contributed by atoms with Crippen molar-refractivity contribution < 1.29 is 14.3 Å². The van der Waals surface area contributed by atoms with Gasteiger partial charge in [-0.15, -0.1) is 0 Å². The molecule has 3 nitrogen and oxygen atoms in total. The summed E-state index contributed by atoms with van der Waals surface area (Å²) in [6, 6.07) is 0. The Morgan fingerprint density at radius 3 is 2.44 bits per heavy atom. The molecule has 5 atom stereocenters. The molecule has 1 heterocycles. The first-order valence-corrected chi connectivity index (χ1v) is 14.0. The molecule has 1 saturated heterocycles. The zero-order chi connectivity index (χ0) is 20.1. The van der Waals surface area contributed by atoms with Crippen LogP contribution in [0.1, 0.15) is 79.1 Å². The molecule has 0 aromatic carbocycles. The van der Waals surface area contributed by atoms with Crippen LogP contribution in [0.3, 0.4) is 0 Å². The van der Waals surface area contributed by atoms with E-state index in [0.717, 1.165) is 19.3 Å². The van der Waals surface area contributed by atoms with Gasteiger partial charge in [0.05, 0.1) is 18.3 Å². The third-order valence-electron chi connectivity index (χ3n) is 7.06. The number of hydrogen-bond donors (Lipinski definition) is 1. The van der Waals surface area contributed by atoms with Gasteiger partial charge in [-0.25, -0.2) is 0 Å². The number of aliphatic hydroxyl groups is 1. The second kappa shape index (κ2) is 9.92. The van der Waals surface area contributed by atoms with E-state index < -0.39 is 8.32 Å². The molecule has 1 aliphatic carbocycles. The van der Waals surface area contributed by atoms with Gasteiger partial charge < -0.3 is 14.3 Å². The van der Waals surface area contributed by atoms with Crippen molar-refractivity contribution in [3.63, 3.8) is 0 Å². The molecular formula is C23H42O3Si. The lowest BCUT2D eigenvalue weighted by Crippen LogP contribution is -2.45. The van der Waals surface area contributed by atoms with Gasteiger partial charge in [-0.2, -0.15) is 0 Å². The fourth-order valence-electron chi connectivity index (χ4n) is 4.30. The predicted octanol–water partition coefficient (Wildman–Crippen LogP) is 5.53. The van der Waals surface area contributed by atoms with Gasteiger partial charge in [0.1, 0.15) is 6.61 Å². The van der Waals surface area contributed by atoms with Crippen LogP contribution in [0.4, 0.5) is 0 Å². The maximum atomic E-state index is 8.98. The van der Waals surface area contributed by atoms with Gasteiger partial charge in [0.25, 0.3) is 0 Å². The summed E-state index contributed by atoms with van der Waals surface area (Å²) in [5.74, 6) is 7.22. The number of hydrogen-bond acceptors (Lipinski definition) is 3. The Hall–Kier alpha value is -0.343. The zero-order valence-corrected chi connectivity index (χ0v) is 19.5. The first-order valence-electron chi connectivity index (χ1n) is 11.1. The van der Waals surface area contributed by atoms with Crippen LogP contribution >= 0.6 is 0 Å². The third-order valence-corrected chi connectivity index (χ3v) is 11.6. The Morgan fingerprint density at radius 2 is 1.81 bits per heavy atom. The number of ether oxygens (including phenoxy) is 1. The minimum Gasteiger partial charge on any atom is -0.411 e. The highest BCUT2D eigenvalue weighted by atomic mass is 28.4. The molecule has 1 N–H and O–H groups in total. The molecular weight excluding hydrogens is 352 g/mol.